The molecular weight excluding hydrogens is 278 g/mol. The monoisotopic (exact) mass is 301 g/mol. The largest absolute Gasteiger partial charge is 0.397 e. The van der Waals surface area contributed by atoms with Gasteiger partial charge in [0.25, 0.3) is 0 Å². The zero-order valence-electron chi connectivity index (χ0n) is 12.0. The van der Waals surface area contributed by atoms with Gasteiger partial charge >= 0.3 is 0 Å². The zero-order chi connectivity index (χ0) is 15.2. The van der Waals surface area contributed by atoms with Gasteiger partial charge in [-0.25, -0.2) is 13.1 Å². The van der Waals surface area contributed by atoms with Gasteiger partial charge in [0, 0.05) is 26.2 Å². The Bertz CT molecular complexity index is 532. The van der Waals surface area contributed by atoms with Crippen LogP contribution in [0.4, 0.5) is 11.4 Å². The van der Waals surface area contributed by atoms with Crippen LogP contribution in [0.2, 0.25) is 0 Å². The molecule has 114 valence electrons. The highest BCUT2D eigenvalue weighted by Gasteiger charge is 2.16. The van der Waals surface area contributed by atoms with Gasteiger partial charge in [-0.1, -0.05) is 6.92 Å². The summed E-state index contributed by atoms with van der Waals surface area (Å²) >= 11 is 0. The minimum absolute atomic E-state index is 0.0891. The van der Waals surface area contributed by atoms with Crippen molar-refractivity contribution in [3.8, 4) is 0 Å². The molecule has 0 unspecified atom stereocenters. The first-order chi connectivity index (χ1) is 9.46. The maximum Gasteiger partial charge on any atom is 0.240 e. The Morgan fingerprint density at radius 1 is 1.35 bits per heavy atom. The van der Waals surface area contributed by atoms with Crippen LogP contribution in [0.25, 0.3) is 0 Å². The fraction of sp³-hybridized carbons (Fsp3) is 0.538. The number of nitrogens with two attached hydrogens (primary N) is 1. The number of hydrogen-bond acceptors (Lipinski definition) is 5. The van der Waals surface area contributed by atoms with E-state index in [1.807, 2.05) is 11.8 Å². The predicted molar refractivity (Wildman–Crippen MR) is 81.3 cm³/mol. The van der Waals surface area contributed by atoms with Gasteiger partial charge in [0.1, 0.15) is 0 Å². The van der Waals surface area contributed by atoms with Crippen molar-refractivity contribution in [2.75, 3.05) is 36.9 Å². The number of nitrogen functional groups attached to an aromatic ring is 1. The number of benzene rings is 1. The first kappa shape index (κ1) is 16.7. The number of rotatable bonds is 8. The van der Waals surface area contributed by atoms with Crippen molar-refractivity contribution in [1.29, 1.82) is 0 Å². The number of anilines is 2. The lowest BCUT2D eigenvalue weighted by Gasteiger charge is -2.25. The Kier molecular flexibility index (Phi) is 6.25. The zero-order valence-corrected chi connectivity index (χ0v) is 12.8. The van der Waals surface area contributed by atoms with Gasteiger partial charge in [-0.3, -0.25) is 0 Å². The topological polar surface area (TPSA) is 95.7 Å². The molecule has 0 amide bonds. The van der Waals surface area contributed by atoms with E-state index in [1.54, 1.807) is 19.1 Å². The molecule has 0 saturated carbocycles. The molecular formula is C13H23N3O3S. The van der Waals surface area contributed by atoms with E-state index in [2.05, 4.69) is 4.72 Å². The molecule has 1 aromatic carbocycles. The molecule has 0 fully saturated rings. The molecule has 1 aromatic rings. The third kappa shape index (κ3) is 4.09. The number of hydrogen-bond donors (Lipinski definition) is 3. The normalized spacial score (nSPS) is 11.6. The second-order valence-electron chi connectivity index (χ2n) is 4.38. The van der Waals surface area contributed by atoms with Crippen LogP contribution in [0, 0.1) is 0 Å². The van der Waals surface area contributed by atoms with E-state index in [0.29, 0.717) is 37.4 Å². The Balaban J connectivity index is 3.13. The lowest BCUT2D eigenvalue weighted by Crippen LogP contribution is -2.27. The summed E-state index contributed by atoms with van der Waals surface area (Å²) in [7, 11) is -3.49. The van der Waals surface area contributed by atoms with Crippen LogP contribution in [-0.2, 0) is 10.0 Å². The molecule has 0 radical (unpaired) electrons. The van der Waals surface area contributed by atoms with E-state index in [1.165, 1.54) is 6.07 Å². The van der Waals surface area contributed by atoms with Crippen molar-refractivity contribution in [3.63, 3.8) is 0 Å². The van der Waals surface area contributed by atoms with Gasteiger partial charge < -0.3 is 15.7 Å². The van der Waals surface area contributed by atoms with Crippen LogP contribution in [0.15, 0.2) is 23.1 Å². The van der Waals surface area contributed by atoms with Gasteiger partial charge in [0.2, 0.25) is 10.0 Å². The average molecular weight is 301 g/mol. The molecule has 0 aliphatic carbocycles. The fourth-order valence-corrected chi connectivity index (χ4v) is 3.01. The maximum absolute atomic E-state index is 12.0. The molecule has 0 atom stereocenters. The standard InChI is InChI=1S/C13H23N3O3S/c1-3-15-20(18,19)11-6-7-12(14)13(10-11)16(4-2)8-5-9-17/h6-7,10,15,17H,3-5,8-9,14H2,1-2H3. The summed E-state index contributed by atoms with van der Waals surface area (Å²) in [5.74, 6) is 0. The van der Waals surface area contributed by atoms with Gasteiger partial charge in [0.05, 0.1) is 16.3 Å². The van der Waals surface area contributed by atoms with Crippen LogP contribution in [0.3, 0.4) is 0 Å². The molecule has 0 aliphatic heterocycles. The van der Waals surface area contributed by atoms with Crippen LogP contribution in [0.5, 0.6) is 0 Å². The first-order valence-corrected chi connectivity index (χ1v) is 8.19. The highest BCUT2D eigenvalue weighted by atomic mass is 32.2. The van der Waals surface area contributed by atoms with E-state index in [9.17, 15) is 8.42 Å². The minimum atomic E-state index is -3.49. The van der Waals surface area contributed by atoms with Gasteiger partial charge in [0.15, 0.2) is 0 Å². The molecule has 4 N–H and O–H groups in total. The summed E-state index contributed by atoms with van der Waals surface area (Å²) in [5, 5.41) is 8.92. The van der Waals surface area contributed by atoms with E-state index < -0.39 is 10.0 Å². The summed E-state index contributed by atoms with van der Waals surface area (Å²) in [5.41, 5.74) is 7.14. The predicted octanol–water partition coefficient (Wildman–Crippen LogP) is 0.776. The Labute approximate surface area is 120 Å². The molecule has 0 heterocycles. The average Bonchev–Trinajstić information content (AvgIpc) is 2.41. The molecule has 7 heteroatoms. The lowest BCUT2D eigenvalue weighted by molar-refractivity contribution is 0.289. The minimum Gasteiger partial charge on any atom is -0.397 e. The van der Waals surface area contributed by atoms with Crippen LogP contribution in [-0.4, -0.2) is 39.8 Å². The summed E-state index contributed by atoms with van der Waals surface area (Å²) < 4.78 is 26.5. The van der Waals surface area contributed by atoms with E-state index >= 15 is 0 Å². The Hall–Kier alpha value is -1.31. The summed E-state index contributed by atoms with van der Waals surface area (Å²) in [4.78, 5) is 2.15. The summed E-state index contributed by atoms with van der Waals surface area (Å²) in [6, 6.07) is 4.67. The van der Waals surface area contributed by atoms with Crippen molar-refractivity contribution < 1.29 is 13.5 Å². The van der Waals surface area contributed by atoms with Crippen molar-refractivity contribution >= 4 is 21.4 Å². The molecule has 6 nitrogen and oxygen atoms in total. The van der Waals surface area contributed by atoms with E-state index in [-0.39, 0.29) is 11.5 Å². The molecule has 20 heavy (non-hydrogen) atoms. The van der Waals surface area contributed by atoms with Crippen LogP contribution in [0.1, 0.15) is 20.3 Å². The van der Waals surface area contributed by atoms with Crippen molar-refractivity contribution in [1.82, 2.24) is 4.72 Å². The quantitative estimate of drug-likeness (QED) is 0.617. The van der Waals surface area contributed by atoms with E-state index in [0.717, 1.165) is 0 Å². The number of sulfonamides is 1. The van der Waals surface area contributed by atoms with Gasteiger partial charge in [-0.2, -0.15) is 0 Å². The molecule has 0 spiro atoms. The van der Waals surface area contributed by atoms with E-state index in [4.69, 9.17) is 10.8 Å². The highest BCUT2D eigenvalue weighted by Crippen LogP contribution is 2.26. The molecule has 0 saturated heterocycles. The van der Waals surface area contributed by atoms with Crippen molar-refractivity contribution in [2.24, 2.45) is 0 Å². The second-order valence-corrected chi connectivity index (χ2v) is 6.15. The smallest absolute Gasteiger partial charge is 0.240 e. The fourth-order valence-electron chi connectivity index (χ4n) is 1.95. The number of aliphatic hydroxyl groups excluding tert-OH is 1. The van der Waals surface area contributed by atoms with Crippen LogP contribution >= 0.6 is 0 Å². The molecule has 1 rings (SSSR count). The van der Waals surface area contributed by atoms with Crippen LogP contribution < -0.4 is 15.4 Å². The molecule has 0 bridgehead atoms. The highest BCUT2D eigenvalue weighted by molar-refractivity contribution is 7.89. The van der Waals surface area contributed by atoms with Crippen molar-refractivity contribution in [3.05, 3.63) is 18.2 Å². The van der Waals surface area contributed by atoms with Gasteiger partial charge in [-0.05, 0) is 31.5 Å². The molecule has 0 aliphatic rings. The third-order valence-electron chi connectivity index (χ3n) is 2.96. The Morgan fingerprint density at radius 3 is 2.60 bits per heavy atom. The second kappa shape index (κ2) is 7.47. The first-order valence-electron chi connectivity index (χ1n) is 6.71. The Morgan fingerprint density at radius 2 is 2.05 bits per heavy atom. The number of nitrogens with zero attached hydrogens (tertiary/aromatic N) is 1. The third-order valence-corrected chi connectivity index (χ3v) is 4.50. The maximum atomic E-state index is 12.0. The lowest BCUT2D eigenvalue weighted by atomic mass is 10.2. The summed E-state index contributed by atoms with van der Waals surface area (Å²) in [6.45, 7) is 5.43. The van der Waals surface area contributed by atoms with Crippen molar-refractivity contribution in [2.45, 2.75) is 25.2 Å². The van der Waals surface area contributed by atoms with Gasteiger partial charge in [-0.15, -0.1) is 0 Å². The number of aliphatic hydroxyl groups is 1. The summed E-state index contributed by atoms with van der Waals surface area (Å²) in [6.07, 6.45) is 0.609. The number of nitrogens with one attached hydrogen (secondary N) is 1. The SMILES string of the molecule is CCNS(=O)(=O)c1ccc(N)c(N(CC)CCCO)c1. The molecule has 0 aromatic heterocycles.